The third kappa shape index (κ3) is 5.78. The molecule has 0 aliphatic heterocycles. The monoisotopic (exact) mass is 330 g/mol. The van der Waals surface area contributed by atoms with E-state index in [-0.39, 0.29) is 12.1 Å². The molecular weight excluding hydrogens is 312 g/mol. The summed E-state index contributed by atoms with van der Waals surface area (Å²) in [7, 11) is -3.84. The quantitative estimate of drug-likeness (QED) is 0.523. The Bertz CT molecular complexity index is 626. The van der Waals surface area contributed by atoms with Gasteiger partial charge < -0.3 is 5.11 Å². The molecule has 0 aliphatic rings. The van der Waals surface area contributed by atoms with Crippen LogP contribution in [0.3, 0.4) is 0 Å². The fourth-order valence-corrected chi connectivity index (χ4v) is 3.20. The summed E-state index contributed by atoms with van der Waals surface area (Å²) in [5.74, 6) is -1.65. The van der Waals surface area contributed by atoms with Gasteiger partial charge in [-0.15, -0.1) is 0 Å². The highest BCUT2D eigenvalue weighted by Gasteiger charge is 2.23. The van der Waals surface area contributed by atoms with Gasteiger partial charge in [0.1, 0.15) is 6.04 Å². The highest BCUT2D eigenvalue weighted by Crippen LogP contribution is 2.14. The van der Waals surface area contributed by atoms with Crippen LogP contribution in [-0.2, 0) is 20.6 Å². The van der Waals surface area contributed by atoms with Crippen LogP contribution < -0.4 is 4.72 Å². The lowest BCUT2D eigenvalue weighted by atomic mass is 10.1. The number of nitro benzene ring substituents is 1. The van der Waals surface area contributed by atoms with E-state index in [1.54, 1.807) is 0 Å². The van der Waals surface area contributed by atoms with E-state index in [0.29, 0.717) is 12.0 Å². The topological polar surface area (TPSA) is 127 Å². The average Bonchev–Trinajstić information content (AvgIpc) is 2.43. The highest BCUT2D eigenvalue weighted by molar-refractivity contribution is 7.88. The molecule has 0 saturated heterocycles. The molecule has 9 heteroatoms. The van der Waals surface area contributed by atoms with Crippen LogP contribution in [0.5, 0.6) is 0 Å². The second kappa shape index (κ2) is 7.85. The molecule has 0 radical (unpaired) electrons. The standard InChI is InChI=1S/C13H18N2O6S/c1-2-3-4-12(13(16)17)14-22(20,21)9-10-5-7-11(8-6-10)15(18)19/h5-8,12,14H,2-4,9H2,1H3,(H,16,17). The van der Waals surface area contributed by atoms with Crippen LogP contribution in [0.15, 0.2) is 24.3 Å². The van der Waals surface area contributed by atoms with E-state index in [2.05, 4.69) is 4.72 Å². The zero-order valence-electron chi connectivity index (χ0n) is 12.1. The van der Waals surface area contributed by atoms with Crippen molar-refractivity contribution in [3.8, 4) is 0 Å². The van der Waals surface area contributed by atoms with Crippen LogP contribution in [0.1, 0.15) is 31.7 Å². The molecule has 1 atom stereocenters. The molecule has 2 N–H and O–H groups in total. The SMILES string of the molecule is CCCCC(NS(=O)(=O)Cc1ccc([N+](=O)[O-])cc1)C(=O)O. The predicted molar refractivity (Wildman–Crippen MR) is 79.8 cm³/mol. The molecule has 8 nitrogen and oxygen atoms in total. The van der Waals surface area contributed by atoms with Crippen molar-refractivity contribution in [3.63, 3.8) is 0 Å². The maximum absolute atomic E-state index is 12.0. The lowest BCUT2D eigenvalue weighted by Gasteiger charge is -2.14. The van der Waals surface area contributed by atoms with Crippen molar-refractivity contribution >= 4 is 21.7 Å². The molecule has 122 valence electrons. The first-order chi connectivity index (χ1) is 10.2. The fraction of sp³-hybridized carbons (Fsp3) is 0.462. The van der Waals surface area contributed by atoms with E-state index in [9.17, 15) is 23.3 Å². The first-order valence-electron chi connectivity index (χ1n) is 6.71. The number of benzene rings is 1. The summed E-state index contributed by atoms with van der Waals surface area (Å²) in [4.78, 5) is 21.0. The summed E-state index contributed by atoms with van der Waals surface area (Å²) >= 11 is 0. The summed E-state index contributed by atoms with van der Waals surface area (Å²) in [6.45, 7) is 1.88. The van der Waals surface area contributed by atoms with Gasteiger partial charge >= 0.3 is 5.97 Å². The zero-order chi connectivity index (χ0) is 16.8. The van der Waals surface area contributed by atoms with Crippen molar-refractivity contribution in [2.75, 3.05) is 0 Å². The molecular formula is C13H18N2O6S. The number of hydrogen-bond acceptors (Lipinski definition) is 5. The van der Waals surface area contributed by atoms with E-state index < -0.39 is 32.7 Å². The molecule has 0 aromatic heterocycles. The van der Waals surface area contributed by atoms with Crippen LogP contribution in [0.25, 0.3) is 0 Å². The molecule has 0 aliphatic carbocycles. The van der Waals surface area contributed by atoms with Crippen LogP contribution in [-0.4, -0.2) is 30.5 Å². The minimum Gasteiger partial charge on any atom is -0.480 e. The number of aliphatic carboxylic acids is 1. The van der Waals surface area contributed by atoms with Gasteiger partial charge in [0, 0.05) is 12.1 Å². The summed E-state index contributed by atoms with van der Waals surface area (Å²) in [5, 5.41) is 19.6. The molecule has 0 spiro atoms. The lowest BCUT2D eigenvalue weighted by molar-refractivity contribution is -0.384. The molecule has 0 amide bonds. The van der Waals surface area contributed by atoms with E-state index in [1.165, 1.54) is 24.3 Å². The minimum atomic E-state index is -3.84. The maximum atomic E-state index is 12.0. The molecule has 0 saturated carbocycles. The highest BCUT2D eigenvalue weighted by atomic mass is 32.2. The van der Waals surface area contributed by atoms with Gasteiger partial charge in [0.2, 0.25) is 10.0 Å². The maximum Gasteiger partial charge on any atom is 0.321 e. The summed E-state index contributed by atoms with van der Waals surface area (Å²) in [6, 6.07) is 3.91. The van der Waals surface area contributed by atoms with Gasteiger partial charge in [-0.1, -0.05) is 31.9 Å². The number of nitrogens with zero attached hydrogens (tertiary/aromatic N) is 1. The van der Waals surface area contributed by atoms with E-state index in [4.69, 9.17) is 5.11 Å². The lowest BCUT2D eigenvalue weighted by Crippen LogP contribution is -2.41. The Hall–Kier alpha value is -2.00. The zero-order valence-corrected chi connectivity index (χ0v) is 12.9. The summed E-state index contributed by atoms with van der Waals surface area (Å²) < 4.78 is 26.1. The van der Waals surface area contributed by atoms with Crippen LogP contribution in [0, 0.1) is 10.1 Å². The second-order valence-electron chi connectivity index (χ2n) is 4.83. The van der Waals surface area contributed by atoms with Crippen LogP contribution in [0.4, 0.5) is 5.69 Å². The van der Waals surface area contributed by atoms with Gasteiger partial charge in [-0.3, -0.25) is 14.9 Å². The van der Waals surface area contributed by atoms with Crippen molar-refractivity contribution in [2.45, 2.75) is 38.0 Å². The third-order valence-electron chi connectivity index (χ3n) is 2.97. The second-order valence-corrected chi connectivity index (χ2v) is 6.59. The smallest absolute Gasteiger partial charge is 0.321 e. The van der Waals surface area contributed by atoms with Crippen molar-refractivity contribution in [1.82, 2.24) is 4.72 Å². The number of sulfonamides is 1. The third-order valence-corrected chi connectivity index (χ3v) is 4.33. The number of non-ortho nitro benzene ring substituents is 1. The van der Waals surface area contributed by atoms with Crippen molar-refractivity contribution in [3.05, 3.63) is 39.9 Å². The number of carboxylic acid groups (broad SMARTS) is 1. The Balaban J connectivity index is 2.77. The van der Waals surface area contributed by atoms with E-state index >= 15 is 0 Å². The first kappa shape index (κ1) is 18.1. The molecule has 1 unspecified atom stereocenters. The number of carbonyl (C=O) groups is 1. The number of nitro groups is 1. The van der Waals surface area contributed by atoms with Gasteiger partial charge in [-0.2, -0.15) is 0 Å². The molecule has 0 fully saturated rings. The Kier molecular flexibility index (Phi) is 6.44. The van der Waals surface area contributed by atoms with E-state index in [0.717, 1.165) is 6.42 Å². The number of carboxylic acids is 1. The largest absolute Gasteiger partial charge is 0.480 e. The molecule has 1 rings (SSSR count). The fourth-order valence-electron chi connectivity index (χ4n) is 1.83. The first-order valence-corrected chi connectivity index (χ1v) is 8.36. The molecule has 22 heavy (non-hydrogen) atoms. The molecule has 1 aromatic rings. The van der Waals surface area contributed by atoms with Gasteiger partial charge in [-0.25, -0.2) is 13.1 Å². The number of rotatable bonds is 9. The van der Waals surface area contributed by atoms with E-state index in [1.807, 2.05) is 6.92 Å². The Labute approximate surface area is 128 Å². The Morgan fingerprint density at radius 1 is 1.36 bits per heavy atom. The predicted octanol–water partition coefficient (Wildman–Crippen LogP) is 1.66. The van der Waals surface area contributed by atoms with Crippen molar-refractivity contribution < 1.29 is 23.2 Å². The van der Waals surface area contributed by atoms with Crippen LogP contribution >= 0.6 is 0 Å². The van der Waals surface area contributed by atoms with Crippen molar-refractivity contribution in [1.29, 1.82) is 0 Å². The number of hydrogen-bond donors (Lipinski definition) is 2. The number of unbranched alkanes of at least 4 members (excludes halogenated alkanes) is 1. The van der Waals surface area contributed by atoms with Crippen LogP contribution in [0.2, 0.25) is 0 Å². The normalized spacial score (nSPS) is 12.8. The Morgan fingerprint density at radius 2 is 1.95 bits per heavy atom. The average molecular weight is 330 g/mol. The van der Waals surface area contributed by atoms with Gasteiger partial charge in [-0.05, 0) is 12.0 Å². The van der Waals surface area contributed by atoms with Crippen molar-refractivity contribution in [2.24, 2.45) is 0 Å². The number of nitrogens with one attached hydrogen (secondary N) is 1. The van der Waals surface area contributed by atoms with Gasteiger partial charge in [0.15, 0.2) is 0 Å². The summed E-state index contributed by atoms with van der Waals surface area (Å²) in [5.41, 5.74) is 0.207. The molecule has 1 aromatic carbocycles. The summed E-state index contributed by atoms with van der Waals surface area (Å²) in [6.07, 6.45) is 1.57. The minimum absolute atomic E-state index is 0.138. The Morgan fingerprint density at radius 3 is 2.41 bits per heavy atom. The molecule has 0 bridgehead atoms. The molecule has 0 heterocycles. The van der Waals surface area contributed by atoms with Gasteiger partial charge in [0.25, 0.3) is 5.69 Å². The van der Waals surface area contributed by atoms with Gasteiger partial charge in [0.05, 0.1) is 10.7 Å².